The van der Waals surface area contributed by atoms with Gasteiger partial charge in [-0.1, -0.05) is 41.7 Å². The van der Waals surface area contributed by atoms with Gasteiger partial charge in [0, 0.05) is 6.54 Å². The number of aromatic nitrogens is 1. The van der Waals surface area contributed by atoms with Crippen molar-refractivity contribution in [3.8, 4) is 0 Å². The monoisotopic (exact) mass is 347 g/mol. The second-order valence-corrected chi connectivity index (χ2v) is 6.52. The molecule has 0 saturated carbocycles. The molecule has 0 bridgehead atoms. The van der Waals surface area contributed by atoms with Crippen LogP contribution in [-0.4, -0.2) is 33.6 Å². The van der Waals surface area contributed by atoms with Gasteiger partial charge >= 0.3 is 12.1 Å². The highest BCUT2D eigenvalue weighted by atomic mass is 32.1. The highest BCUT2D eigenvalue weighted by Crippen LogP contribution is 2.36. The Kier molecular flexibility index (Phi) is 4.66. The van der Waals surface area contributed by atoms with E-state index < -0.39 is 12.1 Å². The zero-order valence-electron chi connectivity index (χ0n) is 12.8. The number of rotatable bonds is 4. The molecule has 0 aliphatic carbocycles. The van der Waals surface area contributed by atoms with Gasteiger partial charge < -0.3 is 15.6 Å². The predicted molar refractivity (Wildman–Crippen MR) is 88.8 cm³/mol. The standard InChI is InChI=1S/C16H17N3O4S/c17-13-12(15(20)21)18-14(24-13)11-7-4-8-19(11)16(22)23-9-10-5-2-1-3-6-10/h1-3,5-6,11H,4,7-9,17H2,(H,20,21)/t11-/m1/s1. The molecule has 1 aliphatic heterocycles. The number of hydrogen-bond acceptors (Lipinski definition) is 6. The Labute approximate surface area is 142 Å². The Morgan fingerprint density at radius 2 is 2.12 bits per heavy atom. The van der Waals surface area contributed by atoms with Crippen molar-refractivity contribution in [2.24, 2.45) is 0 Å². The molecule has 1 aliphatic rings. The minimum absolute atomic E-state index is 0.153. The van der Waals surface area contributed by atoms with E-state index in [0.717, 1.165) is 23.3 Å². The van der Waals surface area contributed by atoms with Gasteiger partial charge in [-0.05, 0) is 18.4 Å². The number of hydrogen-bond donors (Lipinski definition) is 2. The molecule has 2 heterocycles. The second kappa shape index (κ2) is 6.88. The zero-order chi connectivity index (χ0) is 17.1. The number of carboxylic acid groups (broad SMARTS) is 1. The molecule has 126 valence electrons. The SMILES string of the molecule is Nc1sc([C@H]2CCCN2C(=O)OCc2ccccc2)nc1C(=O)O. The summed E-state index contributed by atoms with van der Waals surface area (Å²) in [6.45, 7) is 0.753. The molecule has 1 aromatic carbocycles. The fourth-order valence-corrected chi connectivity index (χ4v) is 3.66. The second-order valence-electron chi connectivity index (χ2n) is 5.46. The van der Waals surface area contributed by atoms with Crippen LogP contribution in [0.4, 0.5) is 9.80 Å². The first kappa shape index (κ1) is 16.3. The highest BCUT2D eigenvalue weighted by Gasteiger charge is 2.34. The molecule has 2 aromatic rings. The molecule has 1 amide bonds. The first-order valence-electron chi connectivity index (χ1n) is 7.53. The van der Waals surface area contributed by atoms with Gasteiger partial charge in [0.05, 0.1) is 6.04 Å². The molecular formula is C16H17N3O4S. The van der Waals surface area contributed by atoms with Crippen molar-refractivity contribution in [3.63, 3.8) is 0 Å². The van der Waals surface area contributed by atoms with Crippen LogP contribution in [0.1, 0.15) is 39.9 Å². The summed E-state index contributed by atoms with van der Waals surface area (Å²) < 4.78 is 5.36. The van der Waals surface area contributed by atoms with Crippen LogP contribution in [0.15, 0.2) is 30.3 Å². The van der Waals surface area contributed by atoms with Crippen molar-refractivity contribution < 1.29 is 19.4 Å². The topological polar surface area (TPSA) is 106 Å². The quantitative estimate of drug-likeness (QED) is 0.881. The number of nitrogens with two attached hydrogens (primary N) is 1. The molecule has 0 unspecified atom stereocenters. The fraction of sp³-hybridized carbons (Fsp3) is 0.312. The van der Waals surface area contributed by atoms with E-state index in [2.05, 4.69) is 4.98 Å². The minimum atomic E-state index is -1.16. The van der Waals surface area contributed by atoms with Crippen molar-refractivity contribution in [1.82, 2.24) is 9.88 Å². The molecule has 8 heteroatoms. The van der Waals surface area contributed by atoms with Crippen LogP contribution in [0, 0.1) is 0 Å². The Balaban J connectivity index is 1.69. The summed E-state index contributed by atoms with van der Waals surface area (Å²) in [5, 5.41) is 9.76. The number of likely N-dealkylation sites (tertiary alicyclic amines) is 1. The maximum atomic E-state index is 12.4. The minimum Gasteiger partial charge on any atom is -0.476 e. The van der Waals surface area contributed by atoms with E-state index in [0.29, 0.717) is 18.0 Å². The smallest absolute Gasteiger partial charge is 0.410 e. The fourth-order valence-electron chi connectivity index (χ4n) is 2.69. The first-order valence-corrected chi connectivity index (χ1v) is 8.34. The van der Waals surface area contributed by atoms with Crippen LogP contribution in [0.3, 0.4) is 0 Å². The van der Waals surface area contributed by atoms with E-state index in [4.69, 9.17) is 15.6 Å². The molecule has 1 fully saturated rings. The van der Waals surface area contributed by atoms with Crippen molar-refractivity contribution in [1.29, 1.82) is 0 Å². The molecule has 7 nitrogen and oxygen atoms in total. The normalized spacial score (nSPS) is 17.0. The molecule has 0 radical (unpaired) electrons. The molecule has 0 spiro atoms. The van der Waals surface area contributed by atoms with Crippen LogP contribution in [-0.2, 0) is 11.3 Å². The van der Waals surface area contributed by atoms with Gasteiger partial charge in [-0.25, -0.2) is 14.6 Å². The number of ether oxygens (including phenoxy) is 1. The number of nitrogens with zero attached hydrogens (tertiary/aromatic N) is 2. The van der Waals surface area contributed by atoms with E-state index in [-0.39, 0.29) is 23.3 Å². The zero-order valence-corrected chi connectivity index (χ0v) is 13.7. The van der Waals surface area contributed by atoms with Gasteiger partial charge in [-0.15, -0.1) is 0 Å². The molecule has 1 aromatic heterocycles. The van der Waals surface area contributed by atoms with Crippen molar-refractivity contribution in [2.75, 3.05) is 12.3 Å². The van der Waals surface area contributed by atoms with Crippen molar-refractivity contribution in [2.45, 2.75) is 25.5 Å². The third-order valence-corrected chi connectivity index (χ3v) is 4.84. The van der Waals surface area contributed by atoms with Crippen LogP contribution in [0.5, 0.6) is 0 Å². The number of amides is 1. The van der Waals surface area contributed by atoms with E-state index in [9.17, 15) is 9.59 Å². The largest absolute Gasteiger partial charge is 0.476 e. The van der Waals surface area contributed by atoms with Crippen LogP contribution in [0.25, 0.3) is 0 Å². The van der Waals surface area contributed by atoms with Crippen LogP contribution < -0.4 is 5.73 Å². The number of benzene rings is 1. The Morgan fingerprint density at radius 3 is 2.79 bits per heavy atom. The molecular weight excluding hydrogens is 330 g/mol. The molecule has 1 saturated heterocycles. The van der Waals surface area contributed by atoms with Gasteiger partial charge in [0.15, 0.2) is 5.69 Å². The number of carbonyl (C=O) groups excluding carboxylic acids is 1. The van der Waals surface area contributed by atoms with E-state index >= 15 is 0 Å². The van der Waals surface area contributed by atoms with E-state index in [1.54, 1.807) is 4.90 Å². The van der Waals surface area contributed by atoms with Gasteiger partial charge in [-0.3, -0.25) is 4.90 Å². The molecule has 3 rings (SSSR count). The maximum absolute atomic E-state index is 12.4. The summed E-state index contributed by atoms with van der Waals surface area (Å²) in [6.07, 6.45) is 1.10. The average molecular weight is 347 g/mol. The molecule has 3 N–H and O–H groups in total. The maximum Gasteiger partial charge on any atom is 0.410 e. The number of anilines is 1. The Bertz CT molecular complexity index is 747. The predicted octanol–water partition coefficient (Wildman–Crippen LogP) is 2.90. The first-order chi connectivity index (χ1) is 11.6. The number of carboxylic acids is 1. The van der Waals surface area contributed by atoms with Crippen LogP contribution >= 0.6 is 11.3 Å². The van der Waals surface area contributed by atoms with Crippen molar-refractivity contribution >= 4 is 28.4 Å². The number of carbonyl (C=O) groups is 2. The van der Waals surface area contributed by atoms with Gasteiger partial charge in [0.2, 0.25) is 0 Å². The Morgan fingerprint density at radius 1 is 1.38 bits per heavy atom. The average Bonchev–Trinajstić information content (AvgIpc) is 3.20. The summed E-state index contributed by atoms with van der Waals surface area (Å²) in [5.41, 5.74) is 6.46. The van der Waals surface area contributed by atoms with Gasteiger partial charge in [-0.2, -0.15) is 0 Å². The lowest BCUT2D eigenvalue weighted by Gasteiger charge is -2.22. The third kappa shape index (κ3) is 3.33. The van der Waals surface area contributed by atoms with Crippen LogP contribution in [0.2, 0.25) is 0 Å². The van der Waals surface area contributed by atoms with Gasteiger partial charge in [0.25, 0.3) is 0 Å². The summed E-state index contributed by atoms with van der Waals surface area (Å²) in [5.74, 6) is -1.16. The number of thiazole rings is 1. The number of aromatic carboxylic acids is 1. The number of nitrogen functional groups attached to an aromatic ring is 1. The molecule has 24 heavy (non-hydrogen) atoms. The van der Waals surface area contributed by atoms with Gasteiger partial charge in [0.1, 0.15) is 16.6 Å². The lowest BCUT2D eigenvalue weighted by atomic mass is 10.2. The summed E-state index contributed by atoms with van der Waals surface area (Å²) >= 11 is 1.11. The summed E-state index contributed by atoms with van der Waals surface area (Å²) in [4.78, 5) is 29.1. The van der Waals surface area contributed by atoms with Crippen molar-refractivity contribution in [3.05, 3.63) is 46.6 Å². The Hall–Kier alpha value is -2.61. The molecule has 1 atom stereocenters. The van der Waals surface area contributed by atoms with E-state index in [1.807, 2.05) is 30.3 Å². The summed E-state index contributed by atoms with van der Waals surface area (Å²) in [6, 6.07) is 9.15. The lowest BCUT2D eigenvalue weighted by Crippen LogP contribution is -2.31. The summed E-state index contributed by atoms with van der Waals surface area (Å²) in [7, 11) is 0. The lowest BCUT2D eigenvalue weighted by molar-refractivity contribution is 0.0692. The highest BCUT2D eigenvalue weighted by molar-refractivity contribution is 7.16. The van der Waals surface area contributed by atoms with E-state index in [1.165, 1.54) is 0 Å². The third-order valence-electron chi connectivity index (χ3n) is 3.85.